The highest BCUT2D eigenvalue weighted by atomic mass is 32.1. The zero-order valence-corrected chi connectivity index (χ0v) is 26.1. The number of hydrogen-bond acceptors (Lipinski definition) is 1. The van der Waals surface area contributed by atoms with Crippen LogP contribution >= 0.6 is 11.3 Å². The molecule has 47 heavy (non-hydrogen) atoms. The minimum absolute atomic E-state index is 0.0365. The Bertz CT molecular complexity index is 3040. The summed E-state index contributed by atoms with van der Waals surface area (Å²) in [5, 5.41) is 10.7. The first kappa shape index (κ1) is 22.7. The number of hydrogen-bond donors (Lipinski definition) is 0. The average Bonchev–Trinajstić information content (AvgIpc) is 3.56. The molecule has 0 fully saturated rings. The van der Waals surface area contributed by atoms with E-state index in [1.807, 2.05) is 48.5 Å². The van der Waals surface area contributed by atoms with Gasteiger partial charge in [-0.05, 0) is 89.1 Å². The average molecular weight is 617 g/mol. The third kappa shape index (κ3) is 4.14. The topological polar surface area (TPSA) is 0 Å². The summed E-state index contributed by atoms with van der Waals surface area (Å²) in [6, 6.07) is 49.8. The minimum atomic E-state index is -0.0382. The largest absolute Gasteiger partial charge is 0.134 e. The molecule has 0 aliphatic heterocycles. The van der Waals surface area contributed by atoms with Crippen LogP contribution in [0.2, 0.25) is 0 Å². The van der Waals surface area contributed by atoms with Gasteiger partial charge in [-0.25, -0.2) is 0 Å². The first-order chi connectivity index (χ1) is 25.0. The van der Waals surface area contributed by atoms with Crippen LogP contribution in [0.1, 0.15) is 5.48 Å². The molecular weight excluding hydrogens is 585 g/mol. The smallest absolute Gasteiger partial charge is 0.0629 e. The van der Waals surface area contributed by atoms with Crippen LogP contribution in [-0.4, -0.2) is 0 Å². The second-order valence-corrected chi connectivity index (χ2v) is 13.2. The van der Waals surface area contributed by atoms with E-state index in [1.165, 1.54) is 26.4 Å². The van der Waals surface area contributed by atoms with Crippen molar-refractivity contribution in [2.45, 2.75) is 0 Å². The molecule has 10 rings (SSSR count). The van der Waals surface area contributed by atoms with Gasteiger partial charge in [0.15, 0.2) is 0 Å². The molecule has 0 radical (unpaired) electrons. The molecule has 0 spiro atoms. The summed E-state index contributed by atoms with van der Waals surface area (Å²) in [7, 11) is 0. The lowest BCUT2D eigenvalue weighted by atomic mass is 9.89. The molecule has 0 unspecified atom stereocenters. The van der Waals surface area contributed by atoms with Gasteiger partial charge in [-0.1, -0.05) is 152 Å². The summed E-state index contributed by atoms with van der Waals surface area (Å²) in [5.74, 6) is 0. The van der Waals surface area contributed by atoms with E-state index in [2.05, 4.69) is 97.1 Å². The molecule has 0 aliphatic carbocycles. The molecule has 1 heteroatoms. The molecule has 0 aliphatic rings. The van der Waals surface area contributed by atoms with E-state index >= 15 is 0 Å². The first-order valence-corrected chi connectivity index (χ1v) is 16.7. The lowest BCUT2D eigenvalue weighted by molar-refractivity contribution is 1.64. The Kier molecular flexibility index (Phi) is 5.02. The monoisotopic (exact) mass is 616 g/mol. The van der Waals surface area contributed by atoms with Crippen LogP contribution in [0.15, 0.2) is 170 Å². The summed E-state index contributed by atoms with van der Waals surface area (Å²) in [6.45, 7) is 0. The Hall–Kier alpha value is -5.76. The van der Waals surface area contributed by atoms with E-state index in [0.29, 0.717) is 16.7 Å². The number of benzene rings is 9. The molecule has 0 saturated heterocycles. The normalized spacial score (nSPS) is 13.0. The van der Waals surface area contributed by atoms with Crippen molar-refractivity contribution in [2.75, 3.05) is 0 Å². The lowest BCUT2D eigenvalue weighted by Gasteiger charge is -2.14. The van der Waals surface area contributed by atoms with Gasteiger partial charge in [0.2, 0.25) is 0 Å². The van der Waals surface area contributed by atoms with Crippen molar-refractivity contribution >= 4 is 74.6 Å². The third-order valence-corrected chi connectivity index (χ3v) is 10.7. The van der Waals surface area contributed by atoms with E-state index in [0.717, 1.165) is 53.5 Å². The Morgan fingerprint density at radius 3 is 1.83 bits per heavy atom. The fourth-order valence-electron chi connectivity index (χ4n) is 7.28. The Morgan fingerprint density at radius 1 is 0.383 bits per heavy atom. The molecule has 0 atom stereocenters. The second kappa shape index (κ2) is 10.4. The highest BCUT2D eigenvalue weighted by molar-refractivity contribution is 7.26. The molecule has 0 nitrogen and oxygen atoms in total. The first-order valence-electron chi connectivity index (χ1n) is 17.9. The highest BCUT2D eigenvalue weighted by Gasteiger charge is 2.16. The van der Waals surface area contributed by atoms with Gasteiger partial charge in [0.25, 0.3) is 0 Å². The molecule has 0 amide bonds. The van der Waals surface area contributed by atoms with E-state index in [-0.39, 0.29) is 24.2 Å². The van der Waals surface area contributed by atoms with Crippen molar-refractivity contribution in [3.63, 3.8) is 0 Å². The van der Waals surface area contributed by atoms with Gasteiger partial charge >= 0.3 is 0 Å². The lowest BCUT2D eigenvalue weighted by Crippen LogP contribution is -1.87. The summed E-state index contributed by atoms with van der Waals surface area (Å²) >= 11 is 1.71. The van der Waals surface area contributed by atoms with Crippen molar-refractivity contribution in [3.05, 3.63) is 170 Å². The zero-order valence-electron chi connectivity index (χ0n) is 29.3. The van der Waals surface area contributed by atoms with Gasteiger partial charge in [-0.15, -0.1) is 11.3 Å². The molecular formula is C46H28S. The maximum absolute atomic E-state index is 9.45. The van der Waals surface area contributed by atoms with Gasteiger partial charge < -0.3 is 0 Å². The Morgan fingerprint density at radius 2 is 1.02 bits per heavy atom. The van der Waals surface area contributed by atoms with Crippen molar-refractivity contribution in [1.82, 2.24) is 0 Å². The van der Waals surface area contributed by atoms with Crippen LogP contribution in [0, 0.1) is 0 Å². The van der Waals surface area contributed by atoms with E-state index in [4.69, 9.17) is 0 Å². The van der Waals surface area contributed by atoms with Crippen LogP contribution in [0.3, 0.4) is 0 Å². The van der Waals surface area contributed by atoms with E-state index in [9.17, 15) is 5.48 Å². The molecule has 1 heterocycles. The van der Waals surface area contributed by atoms with Gasteiger partial charge in [-0.3, -0.25) is 0 Å². The van der Waals surface area contributed by atoms with Crippen molar-refractivity contribution in [2.24, 2.45) is 0 Å². The van der Waals surface area contributed by atoms with Crippen LogP contribution in [0.5, 0.6) is 0 Å². The zero-order chi connectivity index (χ0) is 34.4. The van der Waals surface area contributed by atoms with E-state index < -0.39 is 0 Å². The molecule has 9 aromatic carbocycles. The van der Waals surface area contributed by atoms with Crippen molar-refractivity contribution in [1.29, 1.82) is 0 Å². The summed E-state index contributed by atoms with van der Waals surface area (Å²) in [4.78, 5) is 0. The quantitative estimate of drug-likeness (QED) is 0.137. The molecule has 0 saturated carbocycles. The van der Waals surface area contributed by atoms with Crippen LogP contribution in [-0.2, 0) is 0 Å². The van der Waals surface area contributed by atoms with Gasteiger partial charge in [-0.2, -0.15) is 0 Å². The maximum atomic E-state index is 9.45. The number of thiophene rings is 1. The second-order valence-electron chi connectivity index (χ2n) is 12.1. The van der Waals surface area contributed by atoms with Gasteiger partial charge in [0, 0.05) is 25.7 Å². The predicted octanol–water partition coefficient (Wildman–Crippen LogP) is 13.7. The van der Waals surface area contributed by atoms with Gasteiger partial charge in [0.1, 0.15) is 0 Å². The van der Waals surface area contributed by atoms with Crippen molar-refractivity contribution < 1.29 is 5.48 Å². The SMILES string of the molecule is [2H]c1c([2H])c(-c2c3ccccc3cc3c2ccc2ccccc23)c([2H])c([2H])c1-c1ccc2c(c1)sc1c(-c3ccccc3)cc3ccccc3c12. The predicted molar refractivity (Wildman–Crippen MR) is 206 cm³/mol. The molecule has 10 aromatic rings. The molecule has 0 N–H and O–H groups in total. The molecule has 218 valence electrons. The highest BCUT2D eigenvalue weighted by Crippen LogP contribution is 2.45. The van der Waals surface area contributed by atoms with Crippen molar-refractivity contribution in [3.8, 4) is 33.4 Å². The third-order valence-electron chi connectivity index (χ3n) is 9.48. The Labute approximate surface area is 282 Å². The summed E-state index contributed by atoms with van der Waals surface area (Å²) < 4.78 is 39.9. The summed E-state index contributed by atoms with van der Waals surface area (Å²) in [6.07, 6.45) is 0. The summed E-state index contributed by atoms with van der Waals surface area (Å²) in [5.41, 5.74) is 4.39. The van der Waals surface area contributed by atoms with Gasteiger partial charge in [0.05, 0.1) is 5.48 Å². The standard InChI is InChI=1S/C46H28S/c1-2-10-30(11-3-1)41-26-34-13-6-9-17-38(34)45-40-25-23-33(28-43(40)47-46(41)45)29-18-20-32(21-19-29)44-37-16-8-5-14-35(37)27-42-36-15-7-4-12-31(36)22-24-39(42)44/h1-28H/i18D,19D,20D,21D. The Balaban J connectivity index is 1.22. The maximum Gasteiger partial charge on any atom is 0.0629 e. The number of rotatable bonds is 3. The minimum Gasteiger partial charge on any atom is -0.134 e. The van der Waals surface area contributed by atoms with Crippen LogP contribution < -0.4 is 0 Å². The van der Waals surface area contributed by atoms with Crippen LogP contribution in [0.4, 0.5) is 0 Å². The molecule has 1 aromatic heterocycles. The fourth-order valence-corrected chi connectivity index (χ4v) is 8.58. The fraction of sp³-hybridized carbons (Fsp3) is 0. The molecule has 0 bridgehead atoms. The van der Waals surface area contributed by atoms with Crippen LogP contribution in [0.25, 0.3) is 96.6 Å². The number of fused-ring (bicyclic) bond motifs is 9. The van der Waals surface area contributed by atoms with E-state index in [1.54, 1.807) is 11.3 Å².